The van der Waals surface area contributed by atoms with Crippen molar-refractivity contribution in [2.75, 3.05) is 6.61 Å². The molecule has 0 aliphatic carbocycles. The molecular formula is C17H19N5O3. The van der Waals surface area contributed by atoms with Crippen LogP contribution in [0.25, 0.3) is 11.0 Å². The van der Waals surface area contributed by atoms with Crippen molar-refractivity contribution in [1.29, 1.82) is 0 Å². The number of carbonyl (C=O) groups is 1. The summed E-state index contributed by atoms with van der Waals surface area (Å²) in [5.41, 5.74) is 1.89. The molecule has 8 nitrogen and oxygen atoms in total. The van der Waals surface area contributed by atoms with E-state index in [1.54, 1.807) is 0 Å². The van der Waals surface area contributed by atoms with Gasteiger partial charge >= 0.3 is 0 Å². The van der Waals surface area contributed by atoms with Gasteiger partial charge in [0, 0.05) is 19.4 Å². The van der Waals surface area contributed by atoms with Gasteiger partial charge in [0.1, 0.15) is 11.9 Å². The topological polar surface area (TPSA) is 106 Å². The molecular weight excluding hydrogens is 322 g/mol. The standard InChI is InChI=1S/C17H19N5O3/c23-16(8-7-14-19-11-4-1-2-5-12(11)20-14)18-10-15-21-17(25-22-15)13-6-3-9-24-13/h1-2,4-5,13H,3,6-10H2,(H,18,23)(H,19,20)/t13-/m1/s1. The van der Waals surface area contributed by atoms with Gasteiger partial charge in [0.25, 0.3) is 5.89 Å². The lowest BCUT2D eigenvalue weighted by atomic mass is 10.2. The van der Waals surface area contributed by atoms with E-state index in [0.717, 1.165) is 36.3 Å². The average Bonchev–Trinajstić information content (AvgIpc) is 3.37. The number of rotatable bonds is 6. The summed E-state index contributed by atoms with van der Waals surface area (Å²) in [6.45, 7) is 0.968. The number of H-pyrrole nitrogens is 1. The molecule has 1 atom stereocenters. The molecule has 1 aliphatic heterocycles. The third-order valence-electron chi connectivity index (χ3n) is 4.16. The zero-order valence-electron chi connectivity index (χ0n) is 13.7. The summed E-state index contributed by atoms with van der Waals surface area (Å²) < 4.78 is 10.7. The number of imidazole rings is 1. The smallest absolute Gasteiger partial charge is 0.255 e. The Morgan fingerprint density at radius 3 is 3.08 bits per heavy atom. The number of hydrogen-bond acceptors (Lipinski definition) is 6. The van der Waals surface area contributed by atoms with Crippen LogP contribution in [0.4, 0.5) is 0 Å². The number of aryl methyl sites for hydroxylation is 1. The van der Waals surface area contributed by atoms with Gasteiger partial charge in [-0.3, -0.25) is 4.79 Å². The average molecular weight is 341 g/mol. The van der Waals surface area contributed by atoms with Crippen molar-refractivity contribution in [2.45, 2.75) is 38.3 Å². The first-order chi connectivity index (χ1) is 12.3. The van der Waals surface area contributed by atoms with Crippen molar-refractivity contribution >= 4 is 16.9 Å². The molecule has 25 heavy (non-hydrogen) atoms. The van der Waals surface area contributed by atoms with Crippen LogP contribution in [-0.2, 0) is 22.5 Å². The number of aromatic amines is 1. The van der Waals surface area contributed by atoms with Crippen LogP contribution in [0.1, 0.15) is 42.9 Å². The minimum Gasteiger partial charge on any atom is -0.368 e. The van der Waals surface area contributed by atoms with Gasteiger partial charge in [0.15, 0.2) is 5.82 Å². The summed E-state index contributed by atoms with van der Waals surface area (Å²) in [7, 11) is 0. The molecule has 1 saturated heterocycles. The maximum atomic E-state index is 12.0. The molecule has 0 saturated carbocycles. The highest BCUT2D eigenvalue weighted by Gasteiger charge is 2.23. The molecule has 1 fully saturated rings. The van der Waals surface area contributed by atoms with Crippen molar-refractivity contribution in [3.8, 4) is 0 Å². The molecule has 3 aromatic rings. The molecule has 1 aliphatic rings. The molecule has 1 amide bonds. The number of nitrogens with one attached hydrogen (secondary N) is 2. The highest BCUT2D eigenvalue weighted by atomic mass is 16.5. The van der Waals surface area contributed by atoms with E-state index in [2.05, 4.69) is 25.4 Å². The predicted molar refractivity (Wildman–Crippen MR) is 88.5 cm³/mol. The number of nitrogens with zero attached hydrogens (tertiary/aromatic N) is 3. The van der Waals surface area contributed by atoms with Crippen LogP contribution in [0.15, 0.2) is 28.8 Å². The molecule has 4 rings (SSSR count). The molecule has 2 aromatic heterocycles. The minimum absolute atomic E-state index is 0.0797. The molecule has 0 unspecified atom stereocenters. The third-order valence-corrected chi connectivity index (χ3v) is 4.16. The molecule has 0 bridgehead atoms. The first kappa shape index (κ1) is 15.8. The van der Waals surface area contributed by atoms with Gasteiger partial charge in [-0.2, -0.15) is 4.98 Å². The van der Waals surface area contributed by atoms with Gasteiger partial charge in [-0.25, -0.2) is 4.98 Å². The zero-order valence-corrected chi connectivity index (χ0v) is 13.7. The quantitative estimate of drug-likeness (QED) is 0.711. The van der Waals surface area contributed by atoms with Crippen molar-refractivity contribution in [1.82, 2.24) is 25.4 Å². The Balaban J connectivity index is 1.26. The number of ether oxygens (including phenoxy) is 1. The Kier molecular flexibility index (Phi) is 4.43. The van der Waals surface area contributed by atoms with Crippen LogP contribution < -0.4 is 5.32 Å². The number of para-hydroxylation sites is 2. The van der Waals surface area contributed by atoms with E-state index in [4.69, 9.17) is 9.26 Å². The summed E-state index contributed by atoms with van der Waals surface area (Å²) in [5.74, 6) is 1.67. The Hall–Kier alpha value is -2.74. The van der Waals surface area contributed by atoms with E-state index in [1.165, 1.54) is 0 Å². The van der Waals surface area contributed by atoms with Gasteiger partial charge in [-0.1, -0.05) is 17.3 Å². The predicted octanol–water partition coefficient (Wildman–Crippen LogP) is 2.05. The maximum absolute atomic E-state index is 12.0. The number of hydrogen-bond donors (Lipinski definition) is 2. The van der Waals surface area contributed by atoms with Crippen LogP contribution >= 0.6 is 0 Å². The van der Waals surface area contributed by atoms with Crippen LogP contribution in [0.3, 0.4) is 0 Å². The van der Waals surface area contributed by atoms with Gasteiger partial charge in [0.2, 0.25) is 5.91 Å². The highest BCUT2D eigenvalue weighted by molar-refractivity contribution is 5.77. The highest BCUT2D eigenvalue weighted by Crippen LogP contribution is 2.26. The summed E-state index contributed by atoms with van der Waals surface area (Å²) in [6, 6.07) is 7.80. The van der Waals surface area contributed by atoms with Gasteiger partial charge in [-0.15, -0.1) is 0 Å². The SMILES string of the molecule is O=C(CCc1nc2ccccc2[nH]1)NCc1noc([C@H]2CCCO2)n1. The lowest BCUT2D eigenvalue weighted by Gasteiger charge is -2.01. The van der Waals surface area contributed by atoms with Crippen molar-refractivity contribution in [3.63, 3.8) is 0 Å². The number of fused-ring (bicyclic) bond motifs is 1. The zero-order chi connectivity index (χ0) is 17.1. The maximum Gasteiger partial charge on any atom is 0.255 e. The Morgan fingerprint density at radius 1 is 1.32 bits per heavy atom. The minimum atomic E-state index is -0.106. The lowest BCUT2D eigenvalue weighted by Crippen LogP contribution is -2.23. The number of amides is 1. The van der Waals surface area contributed by atoms with Crippen LogP contribution in [0.5, 0.6) is 0 Å². The van der Waals surface area contributed by atoms with Crippen LogP contribution in [0.2, 0.25) is 0 Å². The van der Waals surface area contributed by atoms with Crippen LogP contribution in [-0.4, -0.2) is 32.6 Å². The first-order valence-electron chi connectivity index (χ1n) is 8.42. The van der Waals surface area contributed by atoms with E-state index in [0.29, 0.717) is 24.6 Å². The van der Waals surface area contributed by atoms with E-state index in [9.17, 15) is 4.79 Å². The summed E-state index contributed by atoms with van der Waals surface area (Å²) in [4.78, 5) is 24.0. The monoisotopic (exact) mass is 341 g/mol. The summed E-state index contributed by atoms with van der Waals surface area (Å²) in [6.07, 6.45) is 2.68. The Labute approximate surface area is 144 Å². The molecule has 2 N–H and O–H groups in total. The molecule has 130 valence electrons. The molecule has 0 spiro atoms. The molecule has 1 aromatic carbocycles. The fourth-order valence-electron chi connectivity index (χ4n) is 2.86. The van der Waals surface area contributed by atoms with Crippen molar-refractivity contribution < 1.29 is 14.1 Å². The normalized spacial score (nSPS) is 17.2. The molecule has 3 heterocycles. The summed E-state index contributed by atoms with van der Waals surface area (Å²) in [5, 5.41) is 6.68. The Bertz CT molecular complexity index is 833. The third kappa shape index (κ3) is 3.69. The first-order valence-corrected chi connectivity index (χ1v) is 8.42. The second-order valence-electron chi connectivity index (χ2n) is 6.03. The number of carbonyl (C=O) groups excluding carboxylic acids is 1. The fraction of sp³-hybridized carbons (Fsp3) is 0.412. The van der Waals surface area contributed by atoms with E-state index in [-0.39, 0.29) is 18.6 Å². The van der Waals surface area contributed by atoms with Gasteiger partial charge in [0.05, 0.1) is 17.6 Å². The van der Waals surface area contributed by atoms with Gasteiger partial charge in [-0.05, 0) is 25.0 Å². The largest absolute Gasteiger partial charge is 0.368 e. The summed E-state index contributed by atoms with van der Waals surface area (Å²) >= 11 is 0. The second kappa shape index (κ2) is 7.02. The number of aromatic nitrogens is 4. The molecule has 0 radical (unpaired) electrons. The second-order valence-corrected chi connectivity index (χ2v) is 6.03. The van der Waals surface area contributed by atoms with E-state index < -0.39 is 0 Å². The molecule has 8 heteroatoms. The van der Waals surface area contributed by atoms with E-state index in [1.807, 2.05) is 24.3 Å². The number of benzene rings is 1. The van der Waals surface area contributed by atoms with Crippen molar-refractivity contribution in [2.24, 2.45) is 0 Å². The van der Waals surface area contributed by atoms with Crippen LogP contribution in [0, 0.1) is 0 Å². The van der Waals surface area contributed by atoms with Gasteiger partial charge < -0.3 is 19.6 Å². The van der Waals surface area contributed by atoms with E-state index >= 15 is 0 Å². The Morgan fingerprint density at radius 2 is 2.24 bits per heavy atom. The lowest BCUT2D eigenvalue weighted by molar-refractivity contribution is -0.121. The fourth-order valence-corrected chi connectivity index (χ4v) is 2.86. The van der Waals surface area contributed by atoms with Crippen molar-refractivity contribution in [3.05, 3.63) is 41.8 Å².